The average Bonchev–Trinajstić information content (AvgIpc) is 2.96. The molecule has 1 aliphatic heterocycles. The van der Waals surface area contributed by atoms with Gasteiger partial charge in [0.05, 0.1) is 12.1 Å². The van der Waals surface area contributed by atoms with Gasteiger partial charge in [-0.25, -0.2) is 4.79 Å². The van der Waals surface area contributed by atoms with Gasteiger partial charge >= 0.3 is 5.97 Å². The van der Waals surface area contributed by atoms with E-state index in [1.54, 1.807) is 24.3 Å². The lowest BCUT2D eigenvalue weighted by Gasteiger charge is -2.35. The molecule has 0 saturated carbocycles. The van der Waals surface area contributed by atoms with E-state index in [1.165, 1.54) is 4.31 Å². The van der Waals surface area contributed by atoms with Gasteiger partial charge in [0.25, 0.3) is 0 Å². The van der Waals surface area contributed by atoms with Crippen LogP contribution in [0.3, 0.4) is 0 Å². The first-order chi connectivity index (χ1) is 13.6. The third-order valence-electron chi connectivity index (χ3n) is 5.13. The molecule has 0 amide bonds. The molecular weight excluding hydrogens is 398 g/mol. The highest BCUT2D eigenvalue weighted by molar-refractivity contribution is 8.20. The summed E-state index contributed by atoms with van der Waals surface area (Å²) in [5.41, 5.74) is 0.637. The van der Waals surface area contributed by atoms with Crippen LogP contribution in [0, 0.1) is 0 Å². The van der Waals surface area contributed by atoms with Crippen LogP contribution in [0.15, 0.2) is 24.3 Å². The van der Waals surface area contributed by atoms with Crippen molar-refractivity contribution in [3.8, 4) is 0 Å². The largest absolute Gasteiger partial charge is 0.459 e. The van der Waals surface area contributed by atoms with E-state index in [0.29, 0.717) is 12.0 Å². The Kier molecular flexibility index (Phi) is 8.40. The van der Waals surface area contributed by atoms with Crippen molar-refractivity contribution in [2.24, 2.45) is 0 Å². The minimum Gasteiger partial charge on any atom is -0.459 e. The number of esters is 1. The van der Waals surface area contributed by atoms with Crippen LogP contribution in [0.1, 0.15) is 29.3 Å². The molecule has 2 rings (SSSR count). The number of rotatable bonds is 10. The first kappa shape index (κ1) is 24.0. The Bertz CT molecular complexity index is 671. The van der Waals surface area contributed by atoms with Crippen LogP contribution in [0.25, 0.3) is 0 Å². The van der Waals surface area contributed by atoms with Crippen molar-refractivity contribution >= 4 is 16.9 Å². The standard InChI is InChI=1S/C18H33N5O5S/c1-13(19-2)9-18(20-3,21-4)12-28-17(25)15-7-5-14(6-8-15)10-23-11-16(24)22-29(23,26)27/h5-8,13,16,19-22,24,26-27H,9-12H2,1-4H3. The second kappa shape index (κ2) is 10.2. The molecule has 1 saturated heterocycles. The summed E-state index contributed by atoms with van der Waals surface area (Å²) in [7, 11) is 2.33. The number of β-amino-alcohol motifs (C(OH)–C–C–N with tert-alkyl or cyclic N) is 1. The minimum absolute atomic E-state index is 0.104. The van der Waals surface area contributed by atoms with Gasteiger partial charge in [0.15, 0.2) is 0 Å². The maximum Gasteiger partial charge on any atom is 0.338 e. The fraction of sp³-hybridized carbons (Fsp3) is 0.611. The molecule has 166 valence electrons. The maximum atomic E-state index is 12.5. The number of nitrogens with one attached hydrogen (secondary N) is 4. The van der Waals surface area contributed by atoms with Crippen LogP contribution in [-0.2, 0) is 11.3 Å². The molecule has 0 radical (unpaired) electrons. The normalized spacial score (nSPS) is 21.7. The maximum absolute atomic E-state index is 12.5. The fourth-order valence-corrected chi connectivity index (χ4v) is 4.39. The van der Waals surface area contributed by atoms with E-state index in [2.05, 4.69) is 20.7 Å². The van der Waals surface area contributed by atoms with Crippen molar-refractivity contribution in [3.63, 3.8) is 0 Å². The van der Waals surface area contributed by atoms with Gasteiger partial charge < -0.3 is 15.2 Å². The summed E-state index contributed by atoms with van der Waals surface area (Å²) in [6.07, 6.45) is -0.273. The Balaban J connectivity index is 1.96. The molecule has 11 heteroatoms. The smallest absolute Gasteiger partial charge is 0.338 e. The third kappa shape index (κ3) is 6.35. The summed E-state index contributed by atoms with van der Waals surface area (Å²) < 4.78 is 29.0. The second-order valence-corrected chi connectivity index (χ2v) is 9.01. The van der Waals surface area contributed by atoms with Gasteiger partial charge in [0.2, 0.25) is 0 Å². The van der Waals surface area contributed by atoms with Crippen molar-refractivity contribution in [2.75, 3.05) is 34.3 Å². The van der Waals surface area contributed by atoms with Crippen molar-refractivity contribution in [2.45, 2.75) is 37.8 Å². The number of carbonyl (C=O) groups excluding carboxylic acids is 1. The van der Waals surface area contributed by atoms with Crippen molar-refractivity contribution < 1.29 is 23.7 Å². The molecule has 1 heterocycles. The summed E-state index contributed by atoms with van der Waals surface area (Å²) >= 11 is 0. The van der Waals surface area contributed by atoms with E-state index in [-0.39, 0.29) is 25.7 Å². The molecule has 29 heavy (non-hydrogen) atoms. The topological polar surface area (TPSA) is 138 Å². The van der Waals surface area contributed by atoms with Crippen LogP contribution in [0.5, 0.6) is 0 Å². The highest BCUT2D eigenvalue weighted by Crippen LogP contribution is 2.44. The summed E-state index contributed by atoms with van der Waals surface area (Å²) in [4.78, 5) is 12.5. The first-order valence-corrected chi connectivity index (χ1v) is 10.9. The monoisotopic (exact) mass is 431 g/mol. The molecule has 2 unspecified atom stereocenters. The zero-order chi connectivity index (χ0) is 21.7. The molecule has 1 aliphatic rings. The number of hydrogen-bond acceptors (Lipinski definition) is 10. The third-order valence-corrected chi connectivity index (χ3v) is 6.72. The van der Waals surface area contributed by atoms with Gasteiger partial charge in [-0.05, 0) is 52.2 Å². The van der Waals surface area contributed by atoms with Crippen molar-refractivity contribution in [3.05, 3.63) is 35.4 Å². The Morgan fingerprint density at radius 3 is 2.41 bits per heavy atom. The van der Waals surface area contributed by atoms with E-state index in [4.69, 9.17) is 4.74 Å². The number of aliphatic hydroxyl groups excluding tert-OH is 1. The van der Waals surface area contributed by atoms with E-state index >= 15 is 0 Å². The second-order valence-electron chi connectivity index (χ2n) is 7.22. The van der Waals surface area contributed by atoms with Gasteiger partial charge in [-0.1, -0.05) is 23.1 Å². The van der Waals surface area contributed by atoms with E-state index in [0.717, 1.165) is 5.56 Å². The fourth-order valence-electron chi connectivity index (χ4n) is 3.12. The van der Waals surface area contributed by atoms with E-state index in [9.17, 15) is 19.0 Å². The molecule has 0 aliphatic carbocycles. The van der Waals surface area contributed by atoms with Crippen molar-refractivity contribution in [1.29, 1.82) is 0 Å². The molecule has 0 bridgehead atoms. The molecule has 1 aromatic carbocycles. The predicted octanol–water partition coefficient (Wildman–Crippen LogP) is 0.281. The molecular formula is C18H33N5O5S. The summed E-state index contributed by atoms with van der Waals surface area (Å²) in [6, 6.07) is 6.95. The Morgan fingerprint density at radius 2 is 1.93 bits per heavy atom. The average molecular weight is 432 g/mol. The number of likely N-dealkylation sites (N-methyl/N-ethyl adjacent to an activating group) is 2. The van der Waals surface area contributed by atoms with Crippen LogP contribution in [-0.4, -0.2) is 76.7 Å². The molecule has 7 N–H and O–H groups in total. The number of carbonyl (C=O) groups is 1. The van der Waals surface area contributed by atoms with Crippen LogP contribution in [0.2, 0.25) is 0 Å². The number of benzene rings is 1. The molecule has 2 atom stereocenters. The summed E-state index contributed by atoms with van der Waals surface area (Å²) in [5.74, 6) is -0.439. The number of aliphatic hydroxyl groups is 1. The molecule has 10 nitrogen and oxygen atoms in total. The minimum atomic E-state index is -3.18. The lowest BCUT2D eigenvalue weighted by atomic mass is 10.0. The molecule has 0 spiro atoms. The van der Waals surface area contributed by atoms with Crippen LogP contribution < -0.4 is 20.7 Å². The van der Waals surface area contributed by atoms with Gasteiger partial charge in [-0.2, -0.15) is 9.03 Å². The van der Waals surface area contributed by atoms with Gasteiger partial charge in [0.1, 0.15) is 18.5 Å². The highest BCUT2D eigenvalue weighted by atomic mass is 32.3. The lowest BCUT2D eigenvalue weighted by Crippen LogP contribution is -2.60. The zero-order valence-corrected chi connectivity index (χ0v) is 18.1. The zero-order valence-electron chi connectivity index (χ0n) is 17.3. The Labute approximate surface area is 173 Å². The summed E-state index contributed by atoms with van der Waals surface area (Å²) in [5, 5.41) is 19.1. The summed E-state index contributed by atoms with van der Waals surface area (Å²) in [6.45, 7) is 2.54. The van der Waals surface area contributed by atoms with Crippen molar-refractivity contribution in [1.82, 2.24) is 25.0 Å². The van der Waals surface area contributed by atoms with E-state index in [1.807, 2.05) is 28.1 Å². The van der Waals surface area contributed by atoms with Gasteiger partial charge in [-0.3, -0.25) is 19.7 Å². The molecule has 1 aromatic rings. The molecule has 1 fully saturated rings. The first-order valence-electron chi connectivity index (χ1n) is 9.44. The van der Waals surface area contributed by atoms with E-state index < -0.39 is 28.8 Å². The van der Waals surface area contributed by atoms with Crippen LogP contribution in [0.4, 0.5) is 0 Å². The molecule has 0 aromatic heterocycles. The Hall–Kier alpha value is -1.28. The van der Waals surface area contributed by atoms with Gasteiger partial charge in [0, 0.05) is 12.6 Å². The quantitative estimate of drug-likeness (QED) is 0.204. The predicted molar refractivity (Wildman–Crippen MR) is 113 cm³/mol. The number of hydrogen-bond donors (Lipinski definition) is 7. The number of nitrogens with zero attached hydrogens (tertiary/aromatic N) is 1. The Morgan fingerprint density at radius 1 is 1.31 bits per heavy atom. The highest BCUT2D eigenvalue weighted by Gasteiger charge is 2.34. The lowest BCUT2D eigenvalue weighted by molar-refractivity contribution is 0.0304. The number of ether oxygens (including phenoxy) is 1. The van der Waals surface area contributed by atoms with Gasteiger partial charge in [-0.15, -0.1) is 0 Å². The van der Waals surface area contributed by atoms with Crippen LogP contribution >= 0.6 is 11.0 Å². The SMILES string of the molecule is CNC(C)CC(COC(=O)c1ccc(CN2CC(O)NS2(O)O)cc1)(NC)NC.